The molecule has 0 fully saturated rings. The zero-order chi connectivity index (χ0) is 23.8. The average molecular weight is 579 g/mol. The van der Waals surface area contributed by atoms with E-state index in [2.05, 4.69) is 42.4 Å². The maximum atomic E-state index is 10.8. The predicted molar refractivity (Wildman–Crippen MR) is 133 cm³/mol. The van der Waals surface area contributed by atoms with Gasteiger partial charge < -0.3 is 19.6 Å². The van der Waals surface area contributed by atoms with Crippen LogP contribution in [-0.2, 0) is 13.2 Å². The first kappa shape index (κ1) is 24.5. The van der Waals surface area contributed by atoms with Gasteiger partial charge in [0.25, 0.3) is 5.69 Å². The Balaban J connectivity index is 1.59. The van der Waals surface area contributed by atoms with Gasteiger partial charge >= 0.3 is 0 Å². The summed E-state index contributed by atoms with van der Waals surface area (Å²) in [6.45, 7) is 0.797. The Bertz CT molecular complexity index is 1130. The highest BCUT2D eigenvalue weighted by Crippen LogP contribution is 2.35. The molecule has 172 valence electrons. The van der Waals surface area contributed by atoms with Crippen molar-refractivity contribution < 1.29 is 19.1 Å². The highest BCUT2D eigenvalue weighted by molar-refractivity contribution is 9.11. The van der Waals surface area contributed by atoms with E-state index in [1.807, 2.05) is 30.3 Å². The summed E-state index contributed by atoms with van der Waals surface area (Å²) in [6, 6.07) is 15.7. The lowest BCUT2D eigenvalue weighted by molar-refractivity contribution is -0.384. The zero-order valence-electron chi connectivity index (χ0n) is 17.9. The molecular weight excluding hydrogens is 558 g/mol. The number of methoxy groups -OCH3 is 2. The minimum atomic E-state index is -0.430. The van der Waals surface area contributed by atoms with Crippen LogP contribution in [0.4, 0.5) is 5.69 Å². The standard InChI is InChI=1S/C23H21Br2N3O5/c1-31-21-8-5-16(11-22(21)32-2)12-26-27-13-17-9-19(24)23(20(25)10-17)33-14-15-3-6-18(7-4-15)28(29)30/h3-11,13,26H,12,14H2,1-2H3/b27-13+. The van der Waals surface area contributed by atoms with E-state index in [9.17, 15) is 10.1 Å². The van der Waals surface area contributed by atoms with Gasteiger partial charge in [0.2, 0.25) is 0 Å². The molecule has 0 aliphatic rings. The summed E-state index contributed by atoms with van der Waals surface area (Å²) >= 11 is 7.05. The van der Waals surface area contributed by atoms with Crippen molar-refractivity contribution in [3.8, 4) is 17.2 Å². The van der Waals surface area contributed by atoms with E-state index in [0.29, 0.717) is 23.8 Å². The second-order valence-electron chi connectivity index (χ2n) is 6.81. The number of nitrogens with one attached hydrogen (secondary N) is 1. The van der Waals surface area contributed by atoms with Crippen LogP contribution in [0, 0.1) is 10.1 Å². The van der Waals surface area contributed by atoms with Gasteiger partial charge in [-0.1, -0.05) is 6.07 Å². The Morgan fingerprint density at radius 1 is 0.970 bits per heavy atom. The number of ether oxygens (including phenoxy) is 3. The molecule has 3 aromatic rings. The number of nitro benzene ring substituents is 1. The number of hydrogen-bond acceptors (Lipinski definition) is 7. The largest absolute Gasteiger partial charge is 0.493 e. The van der Waals surface area contributed by atoms with Crippen molar-refractivity contribution in [3.05, 3.63) is 90.3 Å². The van der Waals surface area contributed by atoms with E-state index in [1.54, 1.807) is 32.6 Å². The first-order valence-corrected chi connectivity index (χ1v) is 11.3. The van der Waals surface area contributed by atoms with Crippen molar-refractivity contribution in [1.29, 1.82) is 0 Å². The van der Waals surface area contributed by atoms with Gasteiger partial charge in [0, 0.05) is 12.1 Å². The molecule has 1 N–H and O–H groups in total. The molecule has 0 spiro atoms. The molecule has 3 rings (SSSR count). The molecule has 10 heteroatoms. The quantitative estimate of drug-likeness (QED) is 0.184. The molecule has 0 radical (unpaired) electrons. The van der Waals surface area contributed by atoms with Crippen LogP contribution < -0.4 is 19.6 Å². The van der Waals surface area contributed by atoms with Gasteiger partial charge in [-0.15, -0.1) is 0 Å². The van der Waals surface area contributed by atoms with Gasteiger partial charge in [-0.05, 0) is 84.9 Å². The fourth-order valence-corrected chi connectivity index (χ4v) is 4.36. The highest BCUT2D eigenvalue weighted by Gasteiger charge is 2.10. The third-order valence-corrected chi connectivity index (χ3v) is 5.77. The fraction of sp³-hybridized carbons (Fsp3) is 0.174. The molecule has 0 saturated heterocycles. The van der Waals surface area contributed by atoms with Crippen molar-refractivity contribution >= 4 is 43.8 Å². The lowest BCUT2D eigenvalue weighted by Gasteiger charge is -2.11. The molecule has 0 bridgehead atoms. The van der Waals surface area contributed by atoms with Crippen molar-refractivity contribution in [1.82, 2.24) is 5.43 Å². The summed E-state index contributed by atoms with van der Waals surface area (Å²) < 4.78 is 17.9. The first-order valence-electron chi connectivity index (χ1n) is 9.73. The van der Waals surface area contributed by atoms with Crippen molar-refractivity contribution in [3.63, 3.8) is 0 Å². The molecule has 0 aliphatic heterocycles. The van der Waals surface area contributed by atoms with E-state index in [0.717, 1.165) is 25.6 Å². The summed E-state index contributed by atoms with van der Waals surface area (Å²) in [4.78, 5) is 10.3. The summed E-state index contributed by atoms with van der Waals surface area (Å²) in [7, 11) is 3.20. The van der Waals surface area contributed by atoms with Crippen LogP contribution in [0.2, 0.25) is 0 Å². The van der Waals surface area contributed by atoms with Gasteiger partial charge in [0.1, 0.15) is 12.4 Å². The number of halogens is 2. The van der Waals surface area contributed by atoms with Gasteiger partial charge in [-0.2, -0.15) is 5.10 Å². The number of hydrogen-bond donors (Lipinski definition) is 1. The summed E-state index contributed by atoms with van der Waals surface area (Å²) in [5.74, 6) is 1.97. The minimum absolute atomic E-state index is 0.0458. The molecule has 0 aliphatic carbocycles. The highest BCUT2D eigenvalue weighted by atomic mass is 79.9. The maximum Gasteiger partial charge on any atom is 0.269 e. The lowest BCUT2D eigenvalue weighted by Crippen LogP contribution is -2.06. The Morgan fingerprint density at radius 3 is 2.21 bits per heavy atom. The third kappa shape index (κ3) is 6.69. The normalized spacial score (nSPS) is 10.8. The van der Waals surface area contributed by atoms with Crippen LogP contribution >= 0.6 is 31.9 Å². The van der Waals surface area contributed by atoms with Crippen LogP contribution in [-0.4, -0.2) is 25.4 Å². The molecule has 0 amide bonds. The number of hydrazone groups is 1. The van der Waals surface area contributed by atoms with E-state index < -0.39 is 4.92 Å². The molecule has 33 heavy (non-hydrogen) atoms. The number of rotatable bonds is 10. The number of nitrogens with zero attached hydrogens (tertiary/aromatic N) is 2. The second-order valence-corrected chi connectivity index (χ2v) is 8.52. The molecule has 3 aromatic carbocycles. The fourth-order valence-electron chi connectivity index (χ4n) is 2.91. The van der Waals surface area contributed by atoms with Crippen LogP contribution in [0.25, 0.3) is 0 Å². The number of non-ortho nitro benzene ring substituents is 1. The van der Waals surface area contributed by atoms with Crippen molar-refractivity contribution in [2.45, 2.75) is 13.2 Å². The Kier molecular flexibility index (Phi) is 8.67. The topological polar surface area (TPSA) is 95.2 Å². The minimum Gasteiger partial charge on any atom is -0.493 e. The Labute approximate surface area is 208 Å². The van der Waals surface area contributed by atoms with Crippen LogP contribution in [0.15, 0.2) is 68.6 Å². The molecule has 0 unspecified atom stereocenters. The van der Waals surface area contributed by atoms with Gasteiger partial charge in [0.05, 0.1) is 40.8 Å². The van der Waals surface area contributed by atoms with E-state index >= 15 is 0 Å². The smallest absolute Gasteiger partial charge is 0.269 e. The Hall–Kier alpha value is -3.11. The predicted octanol–water partition coefficient (Wildman–Crippen LogP) is 5.84. The number of benzene rings is 3. The van der Waals surface area contributed by atoms with Crippen LogP contribution in [0.5, 0.6) is 17.2 Å². The van der Waals surface area contributed by atoms with E-state index in [4.69, 9.17) is 14.2 Å². The lowest BCUT2D eigenvalue weighted by atomic mass is 10.2. The van der Waals surface area contributed by atoms with Crippen molar-refractivity contribution in [2.24, 2.45) is 5.10 Å². The molecule has 8 nitrogen and oxygen atoms in total. The van der Waals surface area contributed by atoms with Gasteiger partial charge in [-0.25, -0.2) is 0 Å². The molecule has 0 aromatic heterocycles. The second kappa shape index (κ2) is 11.7. The average Bonchev–Trinajstić information content (AvgIpc) is 2.81. The molecule has 0 saturated carbocycles. The summed E-state index contributed by atoms with van der Waals surface area (Å²) in [5, 5.41) is 15.0. The summed E-state index contributed by atoms with van der Waals surface area (Å²) in [6.07, 6.45) is 1.70. The van der Waals surface area contributed by atoms with E-state index in [1.165, 1.54) is 12.1 Å². The SMILES string of the molecule is COc1ccc(CN/N=C/c2cc(Br)c(OCc3ccc([N+](=O)[O-])cc3)c(Br)c2)cc1OC. The van der Waals surface area contributed by atoms with Crippen LogP contribution in [0.3, 0.4) is 0 Å². The first-order chi connectivity index (χ1) is 15.9. The van der Waals surface area contributed by atoms with E-state index in [-0.39, 0.29) is 12.3 Å². The molecular formula is C23H21Br2N3O5. The molecule has 0 atom stereocenters. The zero-order valence-corrected chi connectivity index (χ0v) is 21.1. The molecule has 0 heterocycles. The van der Waals surface area contributed by atoms with Gasteiger partial charge in [-0.3, -0.25) is 10.1 Å². The monoisotopic (exact) mass is 577 g/mol. The third-order valence-electron chi connectivity index (χ3n) is 4.59. The maximum absolute atomic E-state index is 10.8. The number of nitro groups is 1. The summed E-state index contributed by atoms with van der Waals surface area (Å²) in [5.41, 5.74) is 5.74. The van der Waals surface area contributed by atoms with Crippen molar-refractivity contribution in [2.75, 3.05) is 14.2 Å². The van der Waals surface area contributed by atoms with Gasteiger partial charge in [0.15, 0.2) is 11.5 Å². The Morgan fingerprint density at radius 2 is 1.61 bits per heavy atom. The van der Waals surface area contributed by atoms with Crippen LogP contribution in [0.1, 0.15) is 16.7 Å².